The zero-order chi connectivity index (χ0) is 23.6. The fraction of sp³-hybridized carbons (Fsp3) is 0.348. The third kappa shape index (κ3) is 4.65. The lowest BCUT2D eigenvalue weighted by Gasteiger charge is -2.42. The molecular weight excluding hydrogens is 434 g/mol. The first-order chi connectivity index (χ1) is 15.8. The van der Waals surface area contributed by atoms with Crippen molar-refractivity contribution in [2.45, 2.75) is 50.4 Å². The molecule has 33 heavy (non-hydrogen) atoms. The molecule has 2 aromatic carbocycles. The molecule has 4 N–H and O–H groups in total. The van der Waals surface area contributed by atoms with E-state index in [1.807, 2.05) is 11.5 Å². The Kier molecular flexibility index (Phi) is 6.28. The second kappa shape index (κ2) is 9.14. The zero-order valence-electron chi connectivity index (χ0n) is 17.7. The summed E-state index contributed by atoms with van der Waals surface area (Å²) >= 11 is 0. The largest absolute Gasteiger partial charge is 0.445 e. The Bertz CT molecular complexity index is 1060. The molecule has 0 aromatic heterocycles. The van der Waals surface area contributed by atoms with Crippen LogP contribution in [0.15, 0.2) is 48.5 Å². The van der Waals surface area contributed by atoms with Crippen LogP contribution in [-0.2, 0) is 17.9 Å². The van der Waals surface area contributed by atoms with Gasteiger partial charge in [0.05, 0.1) is 6.04 Å². The van der Waals surface area contributed by atoms with Gasteiger partial charge in [-0.1, -0.05) is 36.4 Å². The Morgan fingerprint density at radius 1 is 1.18 bits per heavy atom. The maximum Gasteiger partial charge on any atom is 0.407 e. The quantitative estimate of drug-likeness (QED) is 0.362. The molecule has 0 unspecified atom stereocenters. The first kappa shape index (κ1) is 22.7. The highest BCUT2D eigenvalue weighted by Crippen LogP contribution is 2.39. The van der Waals surface area contributed by atoms with Crippen LogP contribution in [0, 0.1) is 0 Å². The van der Waals surface area contributed by atoms with Crippen LogP contribution in [0.1, 0.15) is 51.1 Å². The molecule has 1 aliphatic carbocycles. The molecule has 1 fully saturated rings. The van der Waals surface area contributed by atoms with Crippen molar-refractivity contribution in [1.29, 1.82) is 0 Å². The second-order valence-electron chi connectivity index (χ2n) is 8.18. The molecular formula is C23H24F2N4O4. The molecule has 1 heterocycles. The van der Waals surface area contributed by atoms with Crippen molar-refractivity contribution in [2.24, 2.45) is 5.84 Å². The predicted octanol–water partition coefficient (Wildman–Crippen LogP) is 2.73. The number of nitrogens with one attached hydrogen (secondary N) is 2. The highest BCUT2D eigenvalue weighted by atomic mass is 19.3. The van der Waals surface area contributed by atoms with E-state index in [4.69, 9.17) is 10.6 Å². The third-order valence-electron chi connectivity index (χ3n) is 6.07. The maximum atomic E-state index is 14.9. The first-order valence-corrected chi connectivity index (χ1v) is 10.6. The van der Waals surface area contributed by atoms with Crippen LogP contribution >= 0.6 is 0 Å². The standard InChI is InChI=1S/C23H24F2N4O4/c24-23(25)10-4-7-18(19(23)27-22(32)33-13-14-5-2-1-3-6-14)29-12-16-9-8-15(20(30)28-26)11-17(16)21(29)31/h1-3,5-6,8-9,11,18-19H,4,7,10,12-13,26H2,(H,27,32)(H,28,30)/t18-,19+/m1/s1. The summed E-state index contributed by atoms with van der Waals surface area (Å²) in [5.74, 6) is 0.910. The maximum absolute atomic E-state index is 14.9. The molecule has 1 saturated carbocycles. The minimum atomic E-state index is -3.21. The summed E-state index contributed by atoms with van der Waals surface area (Å²) in [6.07, 6.45) is -0.866. The molecule has 0 radical (unpaired) electrons. The normalized spacial score (nSPS) is 21.3. The van der Waals surface area contributed by atoms with Gasteiger partial charge in [-0.25, -0.2) is 19.4 Å². The Morgan fingerprint density at radius 3 is 2.67 bits per heavy atom. The Labute approximate surface area is 189 Å². The summed E-state index contributed by atoms with van der Waals surface area (Å²) in [7, 11) is 0. The molecule has 0 saturated heterocycles. The molecule has 2 atom stereocenters. The van der Waals surface area contributed by atoms with Gasteiger partial charge in [0.1, 0.15) is 12.6 Å². The minimum Gasteiger partial charge on any atom is -0.445 e. The highest BCUT2D eigenvalue weighted by molar-refractivity contribution is 6.02. The van der Waals surface area contributed by atoms with Gasteiger partial charge in [-0.05, 0) is 36.1 Å². The van der Waals surface area contributed by atoms with Gasteiger partial charge in [-0.15, -0.1) is 0 Å². The second-order valence-corrected chi connectivity index (χ2v) is 8.18. The topological polar surface area (TPSA) is 114 Å². The number of alkyl carbamates (subject to hydrolysis) is 1. The van der Waals surface area contributed by atoms with Gasteiger partial charge in [0.2, 0.25) is 0 Å². The van der Waals surface area contributed by atoms with Crippen LogP contribution in [0.4, 0.5) is 13.6 Å². The number of hydrazine groups is 1. The van der Waals surface area contributed by atoms with Crippen LogP contribution in [0.5, 0.6) is 0 Å². The van der Waals surface area contributed by atoms with Crippen molar-refractivity contribution in [3.8, 4) is 0 Å². The molecule has 8 nitrogen and oxygen atoms in total. The lowest BCUT2D eigenvalue weighted by Crippen LogP contribution is -2.62. The van der Waals surface area contributed by atoms with Gasteiger partial charge < -0.3 is 15.0 Å². The van der Waals surface area contributed by atoms with Crippen LogP contribution < -0.4 is 16.6 Å². The molecule has 1 aliphatic heterocycles. The molecule has 2 aliphatic rings. The summed E-state index contributed by atoms with van der Waals surface area (Å²) < 4.78 is 34.9. The Balaban J connectivity index is 1.50. The molecule has 4 rings (SSSR count). The summed E-state index contributed by atoms with van der Waals surface area (Å²) in [6, 6.07) is 10.9. The summed E-state index contributed by atoms with van der Waals surface area (Å²) in [5, 5.41) is 2.31. The summed E-state index contributed by atoms with van der Waals surface area (Å²) in [6.45, 7) is 0.0480. The third-order valence-corrected chi connectivity index (χ3v) is 6.07. The Hall–Kier alpha value is -3.53. The first-order valence-electron chi connectivity index (χ1n) is 10.6. The van der Waals surface area contributed by atoms with E-state index >= 15 is 0 Å². The van der Waals surface area contributed by atoms with Crippen LogP contribution in [0.3, 0.4) is 0 Å². The lowest BCUT2D eigenvalue weighted by molar-refractivity contribution is -0.0886. The van der Waals surface area contributed by atoms with Crippen molar-refractivity contribution in [3.05, 3.63) is 70.8 Å². The number of fused-ring (bicyclic) bond motifs is 1. The molecule has 3 amide bonds. The van der Waals surface area contributed by atoms with Crippen LogP contribution in [-0.4, -0.2) is 40.8 Å². The fourth-order valence-electron chi connectivity index (χ4n) is 4.40. The van der Waals surface area contributed by atoms with E-state index in [-0.39, 0.29) is 30.7 Å². The number of nitrogens with zero attached hydrogens (tertiary/aromatic N) is 1. The number of carbonyl (C=O) groups is 3. The van der Waals surface area contributed by atoms with E-state index in [1.165, 1.54) is 17.0 Å². The van der Waals surface area contributed by atoms with E-state index in [0.717, 1.165) is 5.56 Å². The van der Waals surface area contributed by atoms with Crippen molar-refractivity contribution in [1.82, 2.24) is 15.6 Å². The average molecular weight is 458 g/mol. The number of halogens is 2. The van der Waals surface area contributed by atoms with Gasteiger partial charge in [0.15, 0.2) is 0 Å². The van der Waals surface area contributed by atoms with Crippen molar-refractivity contribution >= 4 is 17.9 Å². The number of amides is 3. The summed E-state index contributed by atoms with van der Waals surface area (Å²) in [4.78, 5) is 38.6. The fourth-order valence-corrected chi connectivity index (χ4v) is 4.40. The minimum absolute atomic E-state index is 0.0598. The van der Waals surface area contributed by atoms with Crippen LogP contribution in [0.2, 0.25) is 0 Å². The number of benzene rings is 2. The van der Waals surface area contributed by atoms with Gasteiger partial charge in [0.25, 0.3) is 17.7 Å². The molecule has 0 spiro atoms. The number of alkyl halides is 2. The van der Waals surface area contributed by atoms with Crippen molar-refractivity contribution in [3.63, 3.8) is 0 Å². The zero-order valence-corrected chi connectivity index (χ0v) is 17.7. The highest BCUT2D eigenvalue weighted by Gasteiger charge is 2.52. The molecule has 174 valence electrons. The number of ether oxygens (including phenoxy) is 1. The number of hydrogen-bond donors (Lipinski definition) is 3. The number of nitrogens with two attached hydrogens (primary N) is 1. The number of rotatable bonds is 5. The van der Waals surface area contributed by atoms with Gasteiger partial charge in [-0.2, -0.15) is 0 Å². The van der Waals surface area contributed by atoms with E-state index in [1.54, 1.807) is 30.3 Å². The predicted molar refractivity (Wildman–Crippen MR) is 114 cm³/mol. The summed E-state index contributed by atoms with van der Waals surface area (Å²) in [5.41, 5.74) is 3.80. The monoisotopic (exact) mass is 458 g/mol. The van der Waals surface area contributed by atoms with E-state index in [2.05, 4.69) is 5.32 Å². The average Bonchev–Trinajstić information content (AvgIpc) is 3.14. The van der Waals surface area contributed by atoms with E-state index < -0.39 is 42.3 Å². The van der Waals surface area contributed by atoms with Crippen molar-refractivity contribution in [2.75, 3.05) is 0 Å². The smallest absolute Gasteiger partial charge is 0.407 e. The number of nitrogen functional groups attached to an aromatic ring is 1. The molecule has 2 aromatic rings. The SMILES string of the molecule is NNC(=O)c1ccc2c(c1)C(=O)N([C@@H]1CCCC(F)(F)[C@H]1NC(=O)OCc1ccccc1)C2. The van der Waals surface area contributed by atoms with Crippen LogP contribution in [0.25, 0.3) is 0 Å². The number of carbonyl (C=O) groups excluding carboxylic acids is 3. The lowest BCUT2D eigenvalue weighted by atomic mass is 9.86. The number of hydrogen-bond acceptors (Lipinski definition) is 5. The van der Waals surface area contributed by atoms with E-state index in [9.17, 15) is 23.2 Å². The molecule has 0 bridgehead atoms. The van der Waals surface area contributed by atoms with Gasteiger partial charge in [-0.3, -0.25) is 15.0 Å². The van der Waals surface area contributed by atoms with Gasteiger partial charge >= 0.3 is 6.09 Å². The van der Waals surface area contributed by atoms with Crippen molar-refractivity contribution < 1.29 is 27.9 Å². The molecule has 10 heteroatoms. The Morgan fingerprint density at radius 2 is 1.94 bits per heavy atom. The van der Waals surface area contributed by atoms with Gasteiger partial charge in [0, 0.05) is 24.1 Å². The van der Waals surface area contributed by atoms with E-state index in [0.29, 0.717) is 12.0 Å².